The minimum absolute atomic E-state index is 0.155. The lowest BCUT2D eigenvalue weighted by Gasteiger charge is -2.22. The molecule has 2 heterocycles. The van der Waals surface area contributed by atoms with Crippen molar-refractivity contribution in [3.05, 3.63) is 51.4 Å². The number of nitrogens with one attached hydrogen (secondary N) is 2. The molecule has 0 saturated heterocycles. The number of hydrogen-bond donors (Lipinski definition) is 3. The van der Waals surface area contributed by atoms with Gasteiger partial charge in [0.25, 0.3) is 0 Å². The fourth-order valence-electron chi connectivity index (χ4n) is 1.86. The third kappa shape index (κ3) is 4.98. The molecule has 22 heavy (non-hydrogen) atoms. The van der Waals surface area contributed by atoms with Crippen molar-refractivity contribution in [3.8, 4) is 0 Å². The Balaban J connectivity index is 1.71. The minimum Gasteiger partial charge on any atom is -0.383 e. The Hall–Kier alpha value is -1.63. The number of amides is 2. The van der Waals surface area contributed by atoms with Gasteiger partial charge >= 0.3 is 6.03 Å². The van der Waals surface area contributed by atoms with Crippen molar-refractivity contribution in [1.29, 1.82) is 0 Å². The molecule has 2 aromatic rings. The van der Waals surface area contributed by atoms with Crippen LogP contribution in [0, 0.1) is 0 Å². The fraction of sp³-hybridized carbons (Fsp3) is 0.333. The van der Waals surface area contributed by atoms with Crippen LogP contribution in [0.2, 0.25) is 5.15 Å². The van der Waals surface area contributed by atoms with E-state index in [4.69, 9.17) is 11.6 Å². The van der Waals surface area contributed by atoms with Crippen molar-refractivity contribution < 1.29 is 9.90 Å². The molecule has 0 bridgehead atoms. The average Bonchev–Trinajstić information content (AvgIpc) is 3.02. The van der Waals surface area contributed by atoms with Crippen molar-refractivity contribution in [3.63, 3.8) is 0 Å². The highest BCUT2D eigenvalue weighted by molar-refractivity contribution is 7.10. The minimum atomic E-state index is -1.06. The molecule has 0 aliphatic carbocycles. The van der Waals surface area contributed by atoms with E-state index in [2.05, 4.69) is 15.6 Å². The SMILES string of the molecule is CC(O)(CNC(=O)NCCc1ccc(Cl)nc1)c1cccs1. The van der Waals surface area contributed by atoms with Crippen LogP contribution < -0.4 is 10.6 Å². The molecule has 7 heteroatoms. The summed E-state index contributed by atoms with van der Waals surface area (Å²) in [5, 5.41) is 18.1. The van der Waals surface area contributed by atoms with Gasteiger partial charge < -0.3 is 15.7 Å². The molecule has 0 spiro atoms. The van der Waals surface area contributed by atoms with Crippen molar-refractivity contribution in [2.75, 3.05) is 13.1 Å². The lowest BCUT2D eigenvalue weighted by Crippen LogP contribution is -2.43. The van der Waals surface area contributed by atoms with Crippen LogP contribution in [-0.2, 0) is 12.0 Å². The van der Waals surface area contributed by atoms with Gasteiger partial charge in [0, 0.05) is 17.6 Å². The van der Waals surface area contributed by atoms with Gasteiger partial charge in [-0.15, -0.1) is 11.3 Å². The summed E-state index contributed by atoms with van der Waals surface area (Å²) in [4.78, 5) is 16.5. The van der Waals surface area contributed by atoms with Crippen LogP contribution in [0.25, 0.3) is 0 Å². The van der Waals surface area contributed by atoms with Crippen LogP contribution in [0.4, 0.5) is 4.79 Å². The summed E-state index contributed by atoms with van der Waals surface area (Å²) < 4.78 is 0. The lowest BCUT2D eigenvalue weighted by molar-refractivity contribution is 0.0631. The van der Waals surface area contributed by atoms with E-state index in [-0.39, 0.29) is 12.6 Å². The molecule has 2 amide bonds. The zero-order chi connectivity index (χ0) is 16.0. The molecule has 3 N–H and O–H groups in total. The smallest absolute Gasteiger partial charge is 0.314 e. The predicted molar refractivity (Wildman–Crippen MR) is 88.2 cm³/mol. The number of urea groups is 1. The number of nitrogens with zero attached hydrogens (tertiary/aromatic N) is 1. The first-order chi connectivity index (χ1) is 10.5. The first kappa shape index (κ1) is 16.7. The Bertz CT molecular complexity index is 600. The fourth-order valence-corrected chi connectivity index (χ4v) is 2.76. The van der Waals surface area contributed by atoms with Crippen LogP contribution in [-0.4, -0.2) is 29.2 Å². The van der Waals surface area contributed by atoms with E-state index in [9.17, 15) is 9.90 Å². The van der Waals surface area contributed by atoms with E-state index in [0.717, 1.165) is 10.4 Å². The van der Waals surface area contributed by atoms with Gasteiger partial charge in [0.05, 0.1) is 6.54 Å². The third-order valence-corrected chi connectivity index (χ3v) is 4.48. The lowest BCUT2D eigenvalue weighted by atomic mass is 10.1. The molecule has 0 radical (unpaired) electrons. The number of aromatic nitrogens is 1. The number of aliphatic hydroxyl groups is 1. The number of pyridine rings is 1. The second kappa shape index (κ2) is 7.58. The number of thiophene rings is 1. The van der Waals surface area contributed by atoms with Crippen LogP contribution in [0.15, 0.2) is 35.8 Å². The zero-order valence-corrected chi connectivity index (χ0v) is 13.7. The van der Waals surface area contributed by atoms with E-state index < -0.39 is 5.60 Å². The summed E-state index contributed by atoms with van der Waals surface area (Å²) >= 11 is 7.17. The van der Waals surface area contributed by atoms with Crippen LogP contribution in [0.3, 0.4) is 0 Å². The summed E-state index contributed by atoms with van der Waals surface area (Å²) in [7, 11) is 0. The standard InChI is InChI=1S/C15H18ClN3O2S/c1-15(21,12-3-2-8-22-12)10-19-14(20)17-7-6-11-4-5-13(16)18-9-11/h2-5,8-9,21H,6-7,10H2,1H3,(H2,17,19,20). The Labute approximate surface area is 138 Å². The molecule has 0 aliphatic heterocycles. The van der Waals surface area contributed by atoms with Crippen LogP contribution in [0.1, 0.15) is 17.4 Å². The quantitative estimate of drug-likeness (QED) is 0.708. The van der Waals surface area contributed by atoms with Crippen molar-refractivity contribution in [2.45, 2.75) is 18.9 Å². The maximum Gasteiger partial charge on any atom is 0.314 e. The highest BCUT2D eigenvalue weighted by atomic mass is 35.5. The highest BCUT2D eigenvalue weighted by Gasteiger charge is 2.24. The molecule has 1 atom stereocenters. The van der Waals surface area contributed by atoms with Gasteiger partial charge in [0.15, 0.2) is 0 Å². The van der Waals surface area contributed by atoms with Crippen molar-refractivity contribution >= 4 is 29.0 Å². The summed E-state index contributed by atoms with van der Waals surface area (Å²) in [5.74, 6) is 0. The van der Waals surface area contributed by atoms with Gasteiger partial charge in [-0.05, 0) is 36.4 Å². The number of carbonyl (C=O) groups excluding carboxylic acids is 1. The predicted octanol–water partition coefficient (Wildman–Crippen LogP) is 2.55. The second-order valence-electron chi connectivity index (χ2n) is 5.10. The molecule has 5 nitrogen and oxygen atoms in total. The second-order valence-corrected chi connectivity index (χ2v) is 6.43. The van der Waals surface area contributed by atoms with Crippen molar-refractivity contribution in [2.24, 2.45) is 0 Å². The van der Waals surface area contributed by atoms with E-state index in [1.54, 1.807) is 19.2 Å². The maximum atomic E-state index is 11.7. The molecule has 0 aliphatic rings. The van der Waals surface area contributed by atoms with E-state index in [1.807, 2.05) is 23.6 Å². The van der Waals surface area contributed by atoms with Gasteiger partial charge in [0.2, 0.25) is 0 Å². The van der Waals surface area contributed by atoms with Gasteiger partial charge in [-0.1, -0.05) is 23.7 Å². The molecule has 0 aromatic carbocycles. The molecule has 2 rings (SSSR count). The highest BCUT2D eigenvalue weighted by Crippen LogP contribution is 2.24. The van der Waals surface area contributed by atoms with E-state index in [1.165, 1.54) is 11.3 Å². The van der Waals surface area contributed by atoms with Gasteiger partial charge in [-0.25, -0.2) is 9.78 Å². The summed E-state index contributed by atoms with van der Waals surface area (Å²) in [6.45, 7) is 2.32. The molecular formula is C15H18ClN3O2S. The first-order valence-electron chi connectivity index (χ1n) is 6.86. The van der Waals surface area contributed by atoms with Crippen LogP contribution in [0.5, 0.6) is 0 Å². The third-order valence-electron chi connectivity index (χ3n) is 3.13. The molecular weight excluding hydrogens is 322 g/mol. The zero-order valence-electron chi connectivity index (χ0n) is 12.2. The maximum absolute atomic E-state index is 11.7. The summed E-state index contributed by atoms with van der Waals surface area (Å²) in [6, 6.07) is 7.00. The number of halogens is 1. The monoisotopic (exact) mass is 339 g/mol. The van der Waals surface area contributed by atoms with Gasteiger partial charge in [-0.2, -0.15) is 0 Å². The number of carbonyl (C=O) groups is 1. The van der Waals surface area contributed by atoms with Gasteiger partial charge in [-0.3, -0.25) is 0 Å². The summed E-state index contributed by atoms with van der Waals surface area (Å²) in [6.07, 6.45) is 2.35. The van der Waals surface area contributed by atoms with E-state index in [0.29, 0.717) is 18.1 Å². The largest absolute Gasteiger partial charge is 0.383 e. The first-order valence-corrected chi connectivity index (χ1v) is 8.11. The number of hydrogen-bond acceptors (Lipinski definition) is 4. The Kier molecular flexibility index (Phi) is 5.76. The molecule has 118 valence electrons. The van der Waals surface area contributed by atoms with Crippen molar-refractivity contribution in [1.82, 2.24) is 15.6 Å². The Morgan fingerprint density at radius 3 is 2.86 bits per heavy atom. The number of rotatable bonds is 6. The topological polar surface area (TPSA) is 74.2 Å². The molecule has 0 saturated carbocycles. The van der Waals surface area contributed by atoms with Gasteiger partial charge in [0.1, 0.15) is 10.8 Å². The molecule has 0 fully saturated rings. The Morgan fingerprint density at radius 2 is 2.23 bits per heavy atom. The molecule has 2 aromatic heterocycles. The summed E-state index contributed by atoms with van der Waals surface area (Å²) in [5.41, 5.74) is -0.0683. The normalized spacial score (nSPS) is 13.4. The average molecular weight is 340 g/mol. The Morgan fingerprint density at radius 1 is 1.41 bits per heavy atom. The van der Waals surface area contributed by atoms with E-state index >= 15 is 0 Å². The molecule has 1 unspecified atom stereocenters. The van der Waals surface area contributed by atoms with Crippen LogP contribution >= 0.6 is 22.9 Å².